The Morgan fingerprint density at radius 2 is 1.87 bits per heavy atom. The van der Waals surface area contributed by atoms with Crippen molar-refractivity contribution < 1.29 is 4.74 Å². The molecule has 15 heavy (non-hydrogen) atoms. The first kappa shape index (κ1) is 12.5. The fourth-order valence-electron chi connectivity index (χ4n) is 2.63. The number of hydrogen-bond acceptors (Lipinski definition) is 3. The van der Waals surface area contributed by atoms with Gasteiger partial charge in [-0.1, -0.05) is 13.8 Å². The Hall–Kier alpha value is -0.590. The second-order valence-electron chi connectivity index (χ2n) is 4.25. The zero-order chi connectivity index (χ0) is 11.3. The van der Waals surface area contributed by atoms with Crippen molar-refractivity contribution in [2.75, 3.05) is 20.2 Å². The Balaban J connectivity index is 2.68. The zero-order valence-corrected chi connectivity index (χ0v) is 10.1. The van der Waals surface area contributed by atoms with Gasteiger partial charge < -0.3 is 4.74 Å². The molecule has 0 bridgehead atoms. The minimum absolute atomic E-state index is 0.224. The van der Waals surface area contributed by atoms with Gasteiger partial charge in [0, 0.05) is 7.11 Å². The smallest absolute Gasteiger partial charge is 0.109 e. The molecule has 1 aliphatic carbocycles. The normalized spacial score (nSPS) is 31.5. The van der Waals surface area contributed by atoms with Gasteiger partial charge in [-0.2, -0.15) is 5.26 Å². The summed E-state index contributed by atoms with van der Waals surface area (Å²) >= 11 is 0. The molecule has 0 amide bonds. The van der Waals surface area contributed by atoms with Gasteiger partial charge in [-0.05, 0) is 38.8 Å². The van der Waals surface area contributed by atoms with Gasteiger partial charge in [0.15, 0.2) is 0 Å². The fraction of sp³-hybridized carbons (Fsp3) is 0.917. The lowest BCUT2D eigenvalue weighted by Crippen LogP contribution is -2.50. The highest BCUT2D eigenvalue weighted by atomic mass is 16.5. The molecule has 0 aromatic heterocycles. The molecule has 1 saturated carbocycles. The van der Waals surface area contributed by atoms with Crippen molar-refractivity contribution >= 4 is 0 Å². The molecule has 0 atom stereocenters. The number of nitriles is 1. The van der Waals surface area contributed by atoms with Crippen molar-refractivity contribution in [2.45, 2.75) is 51.2 Å². The van der Waals surface area contributed by atoms with Crippen LogP contribution in [0.1, 0.15) is 39.5 Å². The summed E-state index contributed by atoms with van der Waals surface area (Å²) in [7, 11) is 1.77. The molecule has 0 aliphatic heterocycles. The standard InChI is InChI=1S/C12H22N2O/c1-4-14(5-2)12(10-13)8-6-11(15-3)7-9-12/h11H,4-9H2,1-3H3. The van der Waals surface area contributed by atoms with E-state index in [9.17, 15) is 5.26 Å². The SMILES string of the molecule is CCN(CC)C1(C#N)CCC(OC)CC1. The molecule has 1 fully saturated rings. The van der Waals surface area contributed by atoms with E-state index in [1.54, 1.807) is 7.11 Å². The summed E-state index contributed by atoms with van der Waals surface area (Å²) in [6.45, 7) is 6.18. The van der Waals surface area contributed by atoms with Crippen LogP contribution in [0.15, 0.2) is 0 Å². The number of methoxy groups -OCH3 is 1. The van der Waals surface area contributed by atoms with Crippen LogP contribution in [0.5, 0.6) is 0 Å². The average Bonchev–Trinajstić information content (AvgIpc) is 2.31. The monoisotopic (exact) mass is 210 g/mol. The van der Waals surface area contributed by atoms with Gasteiger partial charge in [-0.15, -0.1) is 0 Å². The van der Waals surface area contributed by atoms with E-state index in [0.717, 1.165) is 38.8 Å². The Morgan fingerprint density at radius 1 is 1.33 bits per heavy atom. The number of nitrogens with zero attached hydrogens (tertiary/aromatic N) is 2. The van der Waals surface area contributed by atoms with Gasteiger partial charge in [0.05, 0.1) is 12.2 Å². The van der Waals surface area contributed by atoms with Crippen molar-refractivity contribution in [3.63, 3.8) is 0 Å². The lowest BCUT2D eigenvalue weighted by atomic mass is 9.80. The maximum absolute atomic E-state index is 9.40. The van der Waals surface area contributed by atoms with Crippen molar-refractivity contribution in [3.05, 3.63) is 0 Å². The summed E-state index contributed by atoms with van der Waals surface area (Å²) in [5.74, 6) is 0. The summed E-state index contributed by atoms with van der Waals surface area (Å²) in [6.07, 6.45) is 4.29. The van der Waals surface area contributed by atoms with Gasteiger partial charge in [-0.3, -0.25) is 4.90 Å². The third-order valence-corrected chi connectivity index (χ3v) is 3.67. The summed E-state index contributed by atoms with van der Waals surface area (Å²) in [4.78, 5) is 2.29. The van der Waals surface area contributed by atoms with E-state index < -0.39 is 0 Å². The second-order valence-corrected chi connectivity index (χ2v) is 4.25. The van der Waals surface area contributed by atoms with Crippen LogP contribution in [0.2, 0.25) is 0 Å². The van der Waals surface area contributed by atoms with E-state index in [1.807, 2.05) is 0 Å². The molecule has 0 heterocycles. The second kappa shape index (κ2) is 5.48. The van der Waals surface area contributed by atoms with Crippen LogP contribution in [0.25, 0.3) is 0 Å². The van der Waals surface area contributed by atoms with Crippen LogP contribution in [-0.4, -0.2) is 36.7 Å². The van der Waals surface area contributed by atoms with Gasteiger partial charge in [0.25, 0.3) is 0 Å². The third kappa shape index (κ3) is 2.50. The predicted molar refractivity (Wildman–Crippen MR) is 60.5 cm³/mol. The molecule has 86 valence electrons. The van der Waals surface area contributed by atoms with E-state index in [1.165, 1.54) is 0 Å². The fourth-order valence-corrected chi connectivity index (χ4v) is 2.63. The molecule has 0 unspecified atom stereocenters. The first-order valence-electron chi connectivity index (χ1n) is 5.91. The van der Waals surface area contributed by atoms with Gasteiger partial charge in [0.1, 0.15) is 5.54 Å². The molecule has 0 aromatic rings. The van der Waals surface area contributed by atoms with Crippen LogP contribution in [0.4, 0.5) is 0 Å². The minimum atomic E-state index is -0.224. The van der Waals surface area contributed by atoms with Gasteiger partial charge in [0.2, 0.25) is 0 Å². The van der Waals surface area contributed by atoms with Crippen LogP contribution in [-0.2, 0) is 4.74 Å². The highest BCUT2D eigenvalue weighted by molar-refractivity contribution is 5.10. The summed E-state index contributed by atoms with van der Waals surface area (Å²) < 4.78 is 5.35. The number of rotatable bonds is 4. The molecule has 3 heteroatoms. The molecule has 3 nitrogen and oxygen atoms in total. The Morgan fingerprint density at radius 3 is 2.20 bits per heavy atom. The van der Waals surface area contributed by atoms with E-state index in [-0.39, 0.29) is 5.54 Å². The summed E-state index contributed by atoms with van der Waals surface area (Å²) in [6, 6.07) is 2.53. The number of hydrogen-bond donors (Lipinski definition) is 0. The molecule has 1 rings (SSSR count). The highest BCUT2D eigenvalue weighted by Crippen LogP contribution is 2.34. The number of ether oxygens (including phenoxy) is 1. The van der Waals surface area contributed by atoms with Gasteiger partial charge >= 0.3 is 0 Å². The van der Waals surface area contributed by atoms with Gasteiger partial charge in [-0.25, -0.2) is 0 Å². The molecule has 0 aromatic carbocycles. The first-order chi connectivity index (χ1) is 7.22. The summed E-state index contributed by atoms with van der Waals surface area (Å²) in [5, 5.41) is 9.40. The van der Waals surface area contributed by atoms with Crippen LogP contribution < -0.4 is 0 Å². The Kier molecular flexibility index (Phi) is 4.56. The van der Waals surface area contributed by atoms with E-state index in [4.69, 9.17) is 4.74 Å². The maximum atomic E-state index is 9.40. The Bertz CT molecular complexity index is 222. The first-order valence-corrected chi connectivity index (χ1v) is 5.91. The maximum Gasteiger partial charge on any atom is 0.109 e. The molecule has 1 aliphatic rings. The van der Waals surface area contributed by atoms with Crippen molar-refractivity contribution in [1.82, 2.24) is 4.90 Å². The molecule has 0 spiro atoms. The quantitative estimate of drug-likeness (QED) is 0.713. The van der Waals surface area contributed by atoms with Crippen molar-refractivity contribution in [2.24, 2.45) is 0 Å². The molecular weight excluding hydrogens is 188 g/mol. The highest BCUT2D eigenvalue weighted by Gasteiger charge is 2.39. The van der Waals surface area contributed by atoms with E-state index >= 15 is 0 Å². The minimum Gasteiger partial charge on any atom is -0.381 e. The van der Waals surface area contributed by atoms with Crippen molar-refractivity contribution in [3.8, 4) is 6.07 Å². The lowest BCUT2D eigenvalue weighted by Gasteiger charge is -2.42. The zero-order valence-electron chi connectivity index (χ0n) is 10.1. The average molecular weight is 210 g/mol. The van der Waals surface area contributed by atoms with Crippen molar-refractivity contribution in [1.29, 1.82) is 5.26 Å². The van der Waals surface area contributed by atoms with E-state index in [0.29, 0.717) is 6.10 Å². The largest absolute Gasteiger partial charge is 0.381 e. The molecule has 0 saturated heterocycles. The topological polar surface area (TPSA) is 36.3 Å². The summed E-state index contributed by atoms with van der Waals surface area (Å²) in [5.41, 5.74) is -0.224. The molecular formula is C12H22N2O. The molecule has 0 N–H and O–H groups in total. The van der Waals surface area contributed by atoms with E-state index in [2.05, 4.69) is 24.8 Å². The van der Waals surface area contributed by atoms with Crippen LogP contribution in [0.3, 0.4) is 0 Å². The Labute approximate surface area is 93.0 Å². The lowest BCUT2D eigenvalue weighted by molar-refractivity contribution is 0.0176. The van der Waals surface area contributed by atoms with Crippen LogP contribution >= 0.6 is 0 Å². The third-order valence-electron chi connectivity index (χ3n) is 3.67. The van der Waals surface area contributed by atoms with Crippen LogP contribution in [0, 0.1) is 11.3 Å². The predicted octanol–water partition coefficient (Wildman–Crippen LogP) is 2.18. The molecule has 0 radical (unpaired) electrons.